The number of carbonyl (C=O) groups is 1. The summed E-state index contributed by atoms with van der Waals surface area (Å²) in [6.07, 6.45) is 0. The molecule has 0 heterocycles. The highest BCUT2D eigenvalue weighted by atomic mass is 35.5. The van der Waals surface area contributed by atoms with Gasteiger partial charge in [0.15, 0.2) is 0 Å². The molecule has 2 aromatic carbocycles. The minimum Gasteiger partial charge on any atom is -0.323 e. The van der Waals surface area contributed by atoms with Gasteiger partial charge in [-0.15, -0.1) is 11.8 Å². The Morgan fingerprint density at radius 3 is 2.52 bits per heavy atom. The summed E-state index contributed by atoms with van der Waals surface area (Å²) in [6.45, 7) is 0. The van der Waals surface area contributed by atoms with Gasteiger partial charge in [0, 0.05) is 16.0 Å². The Hall–Kier alpha value is -1.66. The van der Waals surface area contributed by atoms with Crippen LogP contribution in [-0.2, 0) is 4.79 Å². The van der Waals surface area contributed by atoms with Crippen molar-refractivity contribution < 1.29 is 18.0 Å². The monoisotopic (exact) mass is 331 g/mol. The maximum atomic E-state index is 13.5. The molecule has 110 valence electrons. The van der Waals surface area contributed by atoms with E-state index in [4.69, 9.17) is 11.6 Å². The molecule has 0 saturated carbocycles. The molecule has 0 aliphatic rings. The molecule has 0 radical (unpaired) electrons. The van der Waals surface area contributed by atoms with Crippen molar-refractivity contribution in [3.8, 4) is 0 Å². The number of nitrogens with one attached hydrogen (secondary N) is 1. The zero-order valence-electron chi connectivity index (χ0n) is 10.5. The first-order chi connectivity index (χ1) is 9.95. The Balaban J connectivity index is 1.96. The van der Waals surface area contributed by atoms with Crippen molar-refractivity contribution in [1.82, 2.24) is 0 Å². The highest BCUT2D eigenvalue weighted by molar-refractivity contribution is 8.00. The average molecular weight is 332 g/mol. The van der Waals surface area contributed by atoms with Crippen LogP contribution in [0.25, 0.3) is 0 Å². The summed E-state index contributed by atoms with van der Waals surface area (Å²) in [7, 11) is 0. The SMILES string of the molecule is O=C(CSc1ccc(F)cc1F)Nc1ccc(Cl)cc1F. The number of thioether (sulfide) groups is 1. The summed E-state index contributed by atoms with van der Waals surface area (Å²) in [4.78, 5) is 11.8. The van der Waals surface area contributed by atoms with Crippen molar-refractivity contribution in [3.05, 3.63) is 58.9 Å². The van der Waals surface area contributed by atoms with Crippen molar-refractivity contribution >= 4 is 35.0 Å². The molecule has 0 atom stereocenters. The molecule has 2 aromatic rings. The van der Waals surface area contributed by atoms with Crippen LogP contribution in [0.15, 0.2) is 41.3 Å². The second-order valence-electron chi connectivity index (χ2n) is 4.04. The normalized spacial score (nSPS) is 10.5. The number of carbonyl (C=O) groups excluding carboxylic acids is 1. The van der Waals surface area contributed by atoms with E-state index in [9.17, 15) is 18.0 Å². The quantitative estimate of drug-likeness (QED) is 0.836. The van der Waals surface area contributed by atoms with Gasteiger partial charge in [-0.2, -0.15) is 0 Å². The van der Waals surface area contributed by atoms with Crippen LogP contribution in [0.3, 0.4) is 0 Å². The van der Waals surface area contributed by atoms with E-state index >= 15 is 0 Å². The van der Waals surface area contributed by atoms with Gasteiger partial charge < -0.3 is 5.32 Å². The van der Waals surface area contributed by atoms with E-state index < -0.39 is 23.4 Å². The van der Waals surface area contributed by atoms with Crippen LogP contribution in [0.4, 0.5) is 18.9 Å². The van der Waals surface area contributed by atoms with E-state index in [2.05, 4.69) is 5.32 Å². The number of benzene rings is 2. The Kier molecular flexibility index (Phi) is 5.14. The molecular formula is C14H9ClF3NOS. The second-order valence-corrected chi connectivity index (χ2v) is 5.49. The lowest BCUT2D eigenvalue weighted by Gasteiger charge is -2.07. The molecule has 0 unspecified atom stereocenters. The van der Waals surface area contributed by atoms with E-state index in [1.165, 1.54) is 18.2 Å². The summed E-state index contributed by atoms with van der Waals surface area (Å²) in [5, 5.41) is 2.56. The van der Waals surface area contributed by atoms with Gasteiger partial charge in [0.25, 0.3) is 0 Å². The third-order valence-electron chi connectivity index (χ3n) is 2.46. The maximum absolute atomic E-state index is 13.5. The lowest BCUT2D eigenvalue weighted by atomic mass is 10.3. The second kappa shape index (κ2) is 6.87. The smallest absolute Gasteiger partial charge is 0.234 e. The predicted octanol–water partition coefficient (Wildman–Crippen LogP) is 4.49. The molecule has 21 heavy (non-hydrogen) atoms. The van der Waals surface area contributed by atoms with E-state index in [1.54, 1.807) is 0 Å². The predicted molar refractivity (Wildman–Crippen MR) is 77.1 cm³/mol. The molecule has 0 aliphatic heterocycles. The third kappa shape index (κ3) is 4.41. The van der Waals surface area contributed by atoms with Crippen LogP contribution in [-0.4, -0.2) is 11.7 Å². The van der Waals surface area contributed by atoms with Gasteiger partial charge in [0.2, 0.25) is 5.91 Å². The fourth-order valence-electron chi connectivity index (χ4n) is 1.51. The molecule has 0 saturated heterocycles. The first-order valence-electron chi connectivity index (χ1n) is 5.78. The maximum Gasteiger partial charge on any atom is 0.234 e. The topological polar surface area (TPSA) is 29.1 Å². The van der Waals surface area contributed by atoms with Crippen molar-refractivity contribution in [2.45, 2.75) is 4.90 Å². The molecule has 0 bridgehead atoms. The number of amides is 1. The molecule has 0 fully saturated rings. The Morgan fingerprint density at radius 1 is 1.10 bits per heavy atom. The molecule has 1 amide bonds. The Morgan fingerprint density at radius 2 is 1.86 bits per heavy atom. The zero-order valence-corrected chi connectivity index (χ0v) is 12.1. The number of rotatable bonds is 4. The minimum atomic E-state index is -0.745. The molecule has 0 spiro atoms. The van der Waals surface area contributed by atoms with E-state index in [0.29, 0.717) is 0 Å². The molecule has 2 nitrogen and oxygen atoms in total. The Bertz CT molecular complexity index is 681. The molecule has 0 aliphatic carbocycles. The number of halogens is 4. The summed E-state index contributed by atoms with van der Waals surface area (Å²) in [6, 6.07) is 6.92. The number of anilines is 1. The van der Waals surface area contributed by atoms with Crippen LogP contribution in [0.5, 0.6) is 0 Å². The summed E-state index contributed by atoms with van der Waals surface area (Å²) in [5.41, 5.74) is -0.00965. The Labute approximate surface area is 128 Å². The standard InChI is InChI=1S/C14H9ClF3NOS/c15-8-1-3-12(10(17)5-8)19-14(20)7-21-13-4-2-9(16)6-11(13)18/h1-6H,7H2,(H,19,20). The van der Waals surface area contributed by atoms with Crippen LogP contribution in [0, 0.1) is 17.5 Å². The van der Waals surface area contributed by atoms with Crippen LogP contribution >= 0.6 is 23.4 Å². The first kappa shape index (κ1) is 15.7. The zero-order chi connectivity index (χ0) is 15.4. The first-order valence-corrected chi connectivity index (χ1v) is 7.15. The molecule has 7 heteroatoms. The highest BCUT2D eigenvalue weighted by Crippen LogP contribution is 2.23. The molecule has 1 N–H and O–H groups in total. The van der Waals surface area contributed by atoms with Gasteiger partial charge in [-0.3, -0.25) is 4.79 Å². The summed E-state index contributed by atoms with van der Waals surface area (Å²) >= 11 is 6.49. The van der Waals surface area contributed by atoms with Gasteiger partial charge in [0.1, 0.15) is 17.5 Å². The van der Waals surface area contributed by atoms with Gasteiger partial charge >= 0.3 is 0 Å². The highest BCUT2D eigenvalue weighted by Gasteiger charge is 2.10. The van der Waals surface area contributed by atoms with Crippen molar-refractivity contribution in [2.24, 2.45) is 0 Å². The lowest BCUT2D eigenvalue weighted by Crippen LogP contribution is -2.15. The van der Waals surface area contributed by atoms with Crippen molar-refractivity contribution in [3.63, 3.8) is 0 Å². The van der Waals surface area contributed by atoms with Crippen molar-refractivity contribution in [1.29, 1.82) is 0 Å². The van der Waals surface area contributed by atoms with Crippen LogP contribution in [0.1, 0.15) is 0 Å². The largest absolute Gasteiger partial charge is 0.323 e. The number of hydrogen-bond acceptors (Lipinski definition) is 2. The summed E-state index contributed by atoms with van der Waals surface area (Å²) in [5.74, 6) is -2.74. The van der Waals surface area contributed by atoms with E-state index in [0.717, 1.165) is 30.0 Å². The van der Waals surface area contributed by atoms with Gasteiger partial charge in [-0.05, 0) is 30.3 Å². The van der Waals surface area contributed by atoms with Gasteiger partial charge in [-0.25, -0.2) is 13.2 Å². The molecule has 0 aromatic heterocycles. The van der Waals surface area contributed by atoms with E-state index in [1.807, 2.05) is 0 Å². The fourth-order valence-corrected chi connectivity index (χ4v) is 2.39. The van der Waals surface area contributed by atoms with Crippen LogP contribution < -0.4 is 5.32 Å². The summed E-state index contributed by atoms with van der Waals surface area (Å²) < 4.78 is 39.6. The van der Waals surface area contributed by atoms with Crippen LogP contribution in [0.2, 0.25) is 5.02 Å². The van der Waals surface area contributed by atoms with Gasteiger partial charge in [-0.1, -0.05) is 11.6 Å². The third-order valence-corrected chi connectivity index (χ3v) is 3.74. The van der Waals surface area contributed by atoms with Crippen molar-refractivity contribution in [2.75, 3.05) is 11.1 Å². The van der Waals surface area contributed by atoms with Gasteiger partial charge in [0.05, 0.1) is 11.4 Å². The molecular weight excluding hydrogens is 323 g/mol. The molecule has 2 rings (SSSR count). The average Bonchev–Trinajstić information content (AvgIpc) is 2.41. The lowest BCUT2D eigenvalue weighted by molar-refractivity contribution is -0.113. The fraction of sp³-hybridized carbons (Fsp3) is 0.0714. The minimum absolute atomic E-state index is 0.00965. The number of hydrogen-bond donors (Lipinski definition) is 1. The van der Waals surface area contributed by atoms with E-state index in [-0.39, 0.29) is 21.4 Å².